The smallest absolute Gasteiger partial charge is 0.341 e. The van der Waals surface area contributed by atoms with E-state index >= 15 is 0 Å². The highest BCUT2D eigenvalue weighted by Crippen LogP contribution is 2.37. The number of benzene rings is 1. The van der Waals surface area contributed by atoms with Crippen LogP contribution in [0.25, 0.3) is 6.08 Å². The van der Waals surface area contributed by atoms with E-state index in [1.807, 2.05) is 0 Å². The third-order valence-electron chi connectivity index (χ3n) is 3.25. The lowest BCUT2D eigenvalue weighted by atomic mass is 10.1. The Morgan fingerprint density at radius 3 is 2.38 bits per heavy atom. The number of methoxy groups -OCH3 is 2. The molecule has 0 bridgehead atoms. The summed E-state index contributed by atoms with van der Waals surface area (Å²) < 4.78 is 11.0. The van der Waals surface area contributed by atoms with E-state index in [4.69, 9.17) is 9.47 Å². The lowest BCUT2D eigenvalue weighted by Crippen LogP contribution is -2.13. The molecule has 0 aromatic heterocycles. The molecule has 24 heavy (non-hydrogen) atoms. The maximum atomic E-state index is 12.3. The maximum absolute atomic E-state index is 12.3. The number of hydrogen-bond donors (Lipinski definition) is 1. The van der Waals surface area contributed by atoms with Crippen molar-refractivity contribution in [2.45, 2.75) is 6.42 Å². The van der Waals surface area contributed by atoms with E-state index in [1.54, 1.807) is 31.4 Å². The van der Waals surface area contributed by atoms with Gasteiger partial charge in [0.15, 0.2) is 17.3 Å². The van der Waals surface area contributed by atoms with Gasteiger partial charge in [0.05, 0.1) is 18.5 Å². The molecule has 1 aromatic rings. The van der Waals surface area contributed by atoms with Crippen molar-refractivity contribution in [3.63, 3.8) is 0 Å². The van der Waals surface area contributed by atoms with Crippen LogP contribution in [0.15, 0.2) is 34.1 Å². The molecule has 5 nitrogen and oxygen atoms in total. The summed E-state index contributed by atoms with van der Waals surface area (Å²) in [5.41, 5.74) is 0.570. The van der Waals surface area contributed by atoms with Gasteiger partial charge in [-0.2, -0.15) is 0 Å². The van der Waals surface area contributed by atoms with E-state index < -0.39 is 11.8 Å². The van der Waals surface area contributed by atoms with Crippen LogP contribution in [0.2, 0.25) is 0 Å². The van der Waals surface area contributed by atoms with Crippen molar-refractivity contribution in [3.05, 3.63) is 39.6 Å². The zero-order valence-corrected chi connectivity index (χ0v) is 15.0. The van der Waals surface area contributed by atoms with E-state index in [-0.39, 0.29) is 5.57 Å². The van der Waals surface area contributed by atoms with Crippen molar-refractivity contribution < 1.29 is 24.2 Å². The van der Waals surface area contributed by atoms with Gasteiger partial charge < -0.3 is 14.6 Å². The van der Waals surface area contributed by atoms with Crippen LogP contribution in [0.4, 0.5) is 0 Å². The second kappa shape index (κ2) is 8.84. The van der Waals surface area contributed by atoms with Gasteiger partial charge in [-0.3, -0.25) is 4.79 Å². The van der Waals surface area contributed by atoms with Crippen LogP contribution in [0.5, 0.6) is 11.5 Å². The molecule has 1 heterocycles. The van der Waals surface area contributed by atoms with Gasteiger partial charge in [-0.1, -0.05) is 12.1 Å². The Hall–Kier alpha value is -1.86. The predicted octanol–water partition coefficient (Wildman–Crippen LogP) is 3.45. The average molecular weight is 366 g/mol. The van der Waals surface area contributed by atoms with Crippen LogP contribution in [0, 0.1) is 0 Å². The highest BCUT2D eigenvalue weighted by molar-refractivity contribution is 8.22. The van der Waals surface area contributed by atoms with Crippen molar-refractivity contribution in [2.24, 2.45) is 0 Å². The van der Waals surface area contributed by atoms with Gasteiger partial charge in [0, 0.05) is 0 Å². The van der Waals surface area contributed by atoms with Crippen molar-refractivity contribution in [2.75, 3.05) is 25.7 Å². The Morgan fingerprint density at radius 2 is 1.79 bits per heavy atom. The summed E-state index contributed by atoms with van der Waals surface area (Å²) in [4.78, 5) is 23.8. The molecular weight excluding hydrogens is 348 g/mol. The number of carboxylic acids is 1. The molecule has 1 N–H and O–H groups in total. The number of ether oxygens (including phenoxy) is 2. The zero-order valence-electron chi connectivity index (χ0n) is 13.4. The summed E-state index contributed by atoms with van der Waals surface area (Å²) in [6, 6.07) is 5.22. The van der Waals surface area contributed by atoms with Crippen molar-refractivity contribution in [1.82, 2.24) is 0 Å². The second-order valence-corrected chi connectivity index (χ2v) is 7.30. The fourth-order valence-electron chi connectivity index (χ4n) is 2.08. The van der Waals surface area contributed by atoms with Crippen molar-refractivity contribution >= 4 is 41.4 Å². The van der Waals surface area contributed by atoms with Gasteiger partial charge in [0.25, 0.3) is 0 Å². The van der Waals surface area contributed by atoms with Crippen LogP contribution >= 0.6 is 23.5 Å². The Balaban J connectivity index is 2.23. The van der Waals surface area contributed by atoms with Gasteiger partial charge >= 0.3 is 5.97 Å². The highest BCUT2D eigenvalue weighted by atomic mass is 32.2. The van der Waals surface area contributed by atoms with Gasteiger partial charge in [0.2, 0.25) is 0 Å². The molecule has 0 atom stereocenters. The molecular formula is C17H18O5S2. The van der Waals surface area contributed by atoms with Gasteiger partial charge in [-0.15, -0.1) is 23.5 Å². The minimum atomic E-state index is -1.19. The quantitative estimate of drug-likeness (QED) is 0.469. The first-order valence-corrected chi connectivity index (χ1v) is 9.21. The first-order valence-electron chi connectivity index (χ1n) is 7.24. The summed E-state index contributed by atoms with van der Waals surface area (Å²) in [6.45, 7) is 0. The minimum absolute atomic E-state index is 0.151. The normalized spacial score (nSPS) is 14.5. The largest absolute Gasteiger partial charge is 0.493 e. The minimum Gasteiger partial charge on any atom is -0.493 e. The Kier molecular flexibility index (Phi) is 6.81. The van der Waals surface area contributed by atoms with Gasteiger partial charge in [-0.05, 0) is 41.7 Å². The van der Waals surface area contributed by atoms with E-state index in [1.165, 1.54) is 36.7 Å². The number of thioether (sulfide) groups is 2. The molecule has 0 spiro atoms. The predicted molar refractivity (Wildman–Crippen MR) is 97.8 cm³/mol. The molecule has 0 radical (unpaired) electrons. The molecule has 128 valence electrons. The second-order valence-electron chi connectivity index (χ2n) is 4.83. The Bertz CT molecular complexity index is 686. The van der Waals surface area contributed by atoms with E-state index in [9.17, 15) is 14.7 Å². The number of allylic oxidation sites excluding steroid dienone is 1. The third kappa shape index (κ3) is 4.58. The third-order valence-corrected chi connectivity index (χ3v) is 5.88. The molecule has 1 aromatic carbocycles. The summed E-state index contributed by atoms with van der Waals surface area (Å²) in [7, 11) is 3.07. The number of carbonyl (C=O) groups is 2. The summed E-state index contributed by atoms with van der Waals surface area (Å²) in [5, 5.41) is 9.37. The average Bonchev–Trinajstić information content (AvgIpc) is 2.60. The molecule has 0 saturated carbocycles. The number of carboxylic acid groups (broad SMARTS) is 1. The van der Waals surface area contributed by atoms with Gasteiger partial charge in [0.1, 0.15) is 5.57 Å². The van der Waals surface area contributed by atoms with Crippen LogP contribution in [0.1, 0.15) is 12.0 Å². The first kappa shape index (κ1) is 18.5. The van der Waals surface area contributed by atoms with Crippen LogP contribution in [0.3, 0.4) is 0 Å². The standard InChI is InChI=1S/C17H18O5S2/c1-21-13-7-5-11(10-14(13)22-2)4-6-12(18)15(16(19)20)17-23-8-3-9-24-17/h4-7,10H,3,8-9H2,1-2H3,(H,19,20)/b6-4+. The van der Waals surface area contributed by atoms with Crippen LogP contribution in [-0.2, 0) is 9.59 Å². The molecule has 1 saturated heterocycles. The number of ketones is 1. The van der Waals surface area contributed by atoms with Crippen LogP contribution < -0.4 is 9.47 Å². The highest BCUT2D eigenvalue weighted by Gasteiger charge is 2.23. The van der Waals surface area contributed by atoms with E-state index in [0.29, 0.717) is 15.7 Å². The monoisotopic (exact) mass is 366 g/mol. The topological polar surface area (TPSA) is 72.8 Å². The summed E-state index contributed by atoms with van der Waals surface area (Å²) in [6.07, 6.45) is 3.88. The van der Waals surface area contributed by atoms with Crippen LogP contribution in [-0.4, -0.2) is 42.6 Å². The molecule has 7 heteroatoms. The first-order chi connectivity index (χ1) is 11.6. The SMILES string of the molecule is COc1ccc(/C=C/C(=O)C(C(=O)O)=C2SCCCS2)cc1OC. The molecule has 2 rings (SSSR count). The molecule has 1 fully saturated rings. The number of rotatable bonds is 6. The van der Waals surface area contributed by atoms with Crippen molar-refractivity contribution in [1.29, 1.82) is 0 Å². The molecule has 1 aliphatic rings. The zero-order chi connectivity index (χ0) is 17.5. The van der Waals surface area contributed by atoms with E-state index in [2.05, 4.69) is 0 Å². The lowest BCUT2D eigenvalue weighted by Gasteiger charge is -2.14. The molecule has 0 amide bonds. The van der Waals surface area contributed by atoms with Crippen molar-refractivity contribution in [3.8, 4) is 11.5 Å². The summed E-state index contributed by atoms with van der Waals surface area (Å²) >= 11 is 2.86. The summed E-state index contributed by atoms with van der Waals surface area (Å²) in [5.74, 6) is 1.12. The fraction of sp³-hybridized carbons (Fsp3) is 0.294. The Labute approximate surface area is 149 Å². The molecule has 0 unspecified atom stereocenters. The van der Waals surface area contributed by atoms with Gasteiger partial charge in [-0.25, -0.2) is 4.79 Å². The lowest BCUT2D eigenvalue weighted by molar-refractivity contribution is -0.134. The molecule has 1 aliphatic heterocycles. The number of aliphatic carboxylic acids is 1. The van der Waals surface area contributed by atoms with E-state index in [0.717, 1.165) is 23.5 Å². The molecule has 0 aliphatic carbocycles. The fourth-order valence-corrected chi connectivity index (χ4v) is 4.71. The number of hydrogen-bond acceptors (Lipinski definition) is 6. The maximum Gasteiger partial charge on any atom is 0.341 e. The number of carbonyl (C=O) groups excluding carboxylic acids is 1. The Morgan fingerprint density at radius 1 is 1.12 bits per heavy atom.